The lowest BCUT2D eigenvalue weighted by molar-refractivity contribution is 0.827. The molecule has 0 saturated carbocycles. The number of fused-ring (bicyclic) bond motifs is 4. The van der Waals surface area contributed by atoms with Crippen molar-refractivity contribution in [3.63, 3.8) is 0 Å². The van der Waals surface area contributed by atoms with Gasteiger partial charge in [0, 0.05) is 39.6 Å². The fourth-order valence-electron chi connectivity index (χ4n) is 4.63. The molecule has 6 rings (SSSR count). The van der Waals surface area contributed by atoms with Gasteiger partial charge in [0.2, 0.25) is 0 Å². The van der Waals surface area contributed by atoms with Gasteiger partial charge in [-0.05, 0) is 60.2 Å². The third-order valence-electron chi connectivity index (χ3n) is 6.16. The maximum atomic E-state index is 4.89. The van der Waals surface area contributed by atoms with Crippen LogP contribution in [0.25, 0.3) is 43.8 Å². The molecule has 0 aliphatic rings. The predicted molar refractivity (Wildman–Crippen MR) is 136 cm³/mol. The molecule has 3 heteroatoms. The van der Waals surface area contributed by atoms with Gasteiger partial charge in [-0.1, -0.05) is 60.7 Å². The molecule has 2 heterocycles. The van der Waals surface area contributed by atoms with Crippen molar-refractivity contribution >= 4 is 44.1 Å². The number of para-hydroxylation sites is 1. The largest absolute Gasteiger partial charge is 0.341 e. The summed E-state index contributed by atoms with van der Waals surface area (Å²) in [6.07, 6.45) is 0. The lowest BCUT2D eigenvalue weighted by Crippen LogP contribution is -1.96. The van der Waals surface area contributed by atoms with E-state index >= 15 is 0 Å². The minimum absolute atomic E-state index is 0.842. The molecule has 0 bridgehead atoms. The summed E-state index contributed by atoms with van der Waals surface area (Å²) >= 11 is 0. The number of hydrogen-bond donors (Lipinski definition) is 1. The summed E-state index contributed by atoms with van der Waals surface area (Å²) in [5.41, 5.74) is 5.66. The molecule has 0 atom stereocenters. The third kappa shape index (κ3) is 3.10. The Morgan fingerprint density at radius 3 is 2.41 bits per heavy atom. The van der Waals surface area contributed by atoms with Crippen LogP contribution >= 0.6 is 0 Å². The van der Waals surface area contributed by atoms with Crippen LogP contribution in [0.5, 0.6) is 0 Å². The smallest absolute Gasteiger partial charge is 0.131 e. The van der Waals surface area contributed by atoms with E-state index < -0.39 is 0 Å². The zero-order valence-electron chi connectivity index (χ0n) is 17.9. The van der Waals surface area contributed by atoms with E-state index in [1.807, 2.05) is 6.07 Å². The van der Waals surface area contributed by atoms with Crippen LogP contribution in [0.3, 0.4) is 0 Å². The highest BCUT2D eigenvalue weighted by Gasteiger charge is 2.10. The molecule has 154 valence electrons. The maximum Gasteiger partial charge on any atom is 0.131 e. The van der Waals surface area contributed by atoms with Crippen LogP contribution in [0.2, 0.25) is 0 Å². The van der Waals surface area contributed by atoms with Crippen LogP contribution in [0.1, 0.15) is 6.92 Å². The first-order valence-corrected chi connectivity index (χ1v) is 11.0. The number of aromatic nitrogens is 2. The minimum atomic E-state index is 0.842. The van der Waals surface area contributed by atoms with E-state index in [9.17, 15) is 0 Å². The van der Waals surface area contributed by atoms with Crippen LogP contribution in [0.15, 0.2) is 103 Å². The summed E-state index contributed by atoms with van der Waals surface area (Å²) < 4.78 is 2.37. The number of nitrogens with zero attached hydrogens (tertiary/aromatic N) is 2. The highest BCUT2D eigenvalue weighted by Crippen LogP contribution is 2.32. The van der Waals surface area contributed by atoms with Gasteiger partial charge in [0.05, 0.1) is 5.69 Å². The number of benzene rings is 4. The number of pyridine rings is 1. The summed E-state index contributed by atoms with van der Waals surface area (Å²) in [5.74, 6) is 0.842. The minimum Gasteiger partial charge on any atom is -0.341 e. The van der Waals surface area contributed by atoms with Gasteiger partial charge in [-0.25, -0.2) is 4.98 Å². The van der Waals surface area contributed by atoms with E-state index in [0.29, 0.717) is 0 Å². The normalized spacial score (nSPS) is 11.4. The van der Waals surface area contributed by atoms with Gasteiger partial charge >= 0.3 is 0 Å². The molecule has 3 nitrogen and oxygen atoms in total. The van der Waals surface area contributed by atoms with Crippen LogP contribution in [0, 0.1) is 0 Å². The van der Waals surface area contributed by atoms with Crippen LogP contribution in [0.4, 0.5) is 11.5 Å². The molecule has 0 saturated heterocycles. The lowest BCUT2D eigenvalue weighted by atomic mass is 10.0. The second-order valence-electron chi connectivity index (χ2n) is 8.09. The summed E-state index contributed by atoms with van der Waals surface area (Å²) in [6.45, 7) is 3.15. The molecule has 32 heavy (non-hydrogen) atoms. The van der Waals surface area contributed by atoms with Gasteiger partial charge in [0.25, 0.3) is 0 Å². The molecule has 0 spiro atoms. The molecule has 0 unspecified atom stereocenters. The Morgan fingerprint density at radius 1 is 0.688 bits per heavy atom. The zero-order valence-corrected chi connectivity index (χ0v) is 17.9. The Hall–Kier alpha value is -4.11. The average molecular weight is 414 g/mol. The summed E-state index contributed by atoms with van der Waals surface area (Å²) in [6, 6.07) is 36.2. The Kier molecular flexibility index (Phi) is 4.39. The summed E-state index contributed by atoms with van der Waals surface area (Å²) in [7, 11) is 0. The highest BCUT2D eigenvalue weighted by atomic mass is 15.0. The first kappa shape index (κ1) is 18.6. The van der Waals surface area contributed by atoms with Gasteiger partial charge in [0.15, 0.2) is 0 Å². The van der Waals surface area contributed by atoms with Crippen LogP contribution in [-0.2, 0) is 6.54 Å². The van der Waals surface area contributed by atoms with Gasteiger partial charge in [-0.2, -0.15) is 0 Å². The van der Waals surface area contributed by atoms with E-state index in [0.717, 1.165) is 29.3 Å². The van der Waals surface area contributed by atoms with Gasteiger partial charge in [0.1, 0.15) is 5.82 Å². The molecule has 4 aromatic carbocycles. The first-order chi connectivity index (χ1) is 15.8. The number of anilines is 2. The van der Waals surface area contributed by atoms with Crippen molar-refractivity contribution in [1.29, 1.82) is 0 Å². The first-order valence-electron chi connectivity index (χ1n) is 11.0. The number of hydrogen-bond acceptors (Lipinski definition) is 2. The highest BCUT2D eigenvalue weighted by molar-refractivity contribution is 6.09. The van der Waals surface area contributed by atoms with Crippen molar-refractivity contribution < 1.29 is 0 Å². The molecular formula is C29H23N3. The second kappa shape index (κ2) is 7.54. The Labute approximate surface area is 187 Å². The van der Waals surface area contributed by atoms with E-state index in [2.05, 4.69) is 114 Å². The molecular weight excluding hydrogens is 390 g/mol. The summed E-state index contributed by atoms with van der Waals surface area (Å²) in [4.78, 5) is 4.89. The number of nitrogens with one attached hydrogen (secondary N) is 1. The fourth-order valence-corrected chi connectivity index (χ4v) is 4.63. The zero-order chi connectivity index (χ0) is 21.5. The van der Waals surface area contributed by atoms with Gasteiger partial charge in [-0.15, -0.1) is 0 Å². The maximum absolute atomic E-state index is 4.89. The van der Waals surface area contributed by atoms with E-state index in [4.69, 9.17) is 4.98 Å². The standard InChI is InChI=1S/C29H23N3/c1-2-32-27-12-6-5-10-24(27)25-19-23(16-17-28(25)32)30-29-13-7-11-26(31-29)22-15-14-20-8-3-4-9-21(20)18-22/h3-19H,2H2,1H3,(H,30,31). The number of rotatable bonds is 4. The molecule has 6 aromatic rings. The van der Waals surface area contributed by atoms with Crippen molar-refractivity contribution in [3.8, 4) is 11.3 Å². The third-order valence-corrected chi connectivity index (χ3v) is 6.16. The molecule has 0 radical (unpaired) electrons. The van der Waals surface area contributed by atoms with E-state index in [1.54, 1.807) is 0 Å². The average Bonchev–Trinajstić information content (AvgIpc) is 3.17. The summed E-state index contributed by atoms with van der Waals surface area (Å²) in [5, 5.41) is 8.53. The van der Waals surface area contributed by atoms with Gasteiger partial charge < -0.3 is 9.88 Å². The lowest BCUT2D eigenvalue weighted by Gasteiger charge is -2.09. The SMILES string of the molecule is CCn1c2ccccc2c2cc(Nc3cccc(-c4ccc5ccccc5c4)n3)ccc21. The van der Waals surface area contributed by atoms with Crippen LogP contribution < -0.4 is 5.32 Å². The molecule has 0 aliphatic heterocycles. The Bertz CT molecular complexity index is 1590. The van der Waals surface area contributed by atoms with Crippen molar-refractivity contribution in [1.82, 2.24) is 9.55 Å². The van der Waals surface area contributed by atoms with Crippen molar-refractivity contribution in [2.24, 2.45) is 0 Å². The molecule has 0 amide bonds. The Balaban J connectivity index is 1.38. The predicted octanol–water partition coefficient (Wildman–Crippen LogP) is 7.77. The second-order valence-corrected chi connectivity index (χ2v) is 8.09. The van der Waals surface area contributed by atoms with Gasteiger partial charge in [-0.3, -0.25) is 0 Å². The monoisotopic (exact) mass is 413 g/mol. The molecule has 0 aliphatic carbocycles. The van der Waals surface area contributed by atoms with Crippen molar-refractivity contribution in [3.05, 3.63) is 103 Å². The Morgan fingerprint density at radius 2 is 1.50 bits per heavy atom. The topological polar surface area (TPSA) is 29.9 Å². The van der Waals surface area contributed by atoms with Crippen molar-refractivity contribution in [2.45, 2.75) is 13.5 Å². The quantitative estimate of drug-likeness (QED) is 0.320. The number of aryl methyl sites for hydroxylation is 1. The van der Waals surface area contributed by atoms with E-state index in [-0.39, 0.29) is 0 Å². The molecule has 1 N–H and O–H groups in total. The molecule has 2 aromatic heterocycles. The fraction of sp³-hybridized carbons (Fsp3) is 0.0690. The van der Waals surface area contributed by atoms with E-state index in [1.165, 1.54) is 32.6 Å². The van der Waals surface area contributed by atoms with Crippen molar-refractivity contribution in [2.75, 3.05) is 5.32 Å². The van der Waals surface area contributed by atoms with Crippen LogP contribution in [-0.4, -0.2) is 9.55 Å². The molecule has 0 fully saturated rings.